The Morgan fingerprint density at radius 2 is 1.78 bits per heavy atom. The summed E-state index contributed by atoms with van der Waals surface area (Å²) in [7, 11) is 2.03. The van der Waals surface area contributed by atoms with Crippen LogP contribution >= 0.6 is 11.6 Å². The van der Waals surface area contributed by atoms with Crippen LogP contribution in [-0.4, -0.2) is 108 Å². The third kappa shape index (κ3) is 7.03. The lowest BCUT2D eigenvalue weighted by molar-refractivity contribution is 0.0383. The number of nitrogens with two attached hydrogens (primary N) is 1. The molecule has 2 aliphatic heterocycles. The maximum absolute atomic E-state index is 15.8. The second-order valence-electron chi connectivity index (χ2n) is 11.6. The number of piperazine rings is 1. The number of ether oxygens (including phenoxy) is 1. The van der Waals surface area contributed by atoms with Gasteiger partial charge in [0, 0.05) is 63.0 Å². The Kier molecular flexibility index (Phi) is 9.87. The van der Waals surface area contributed by atoms with E-state index in [2.05, 4.69) is 44.6 Å². The molecule has 2 atom stereocenters. The van der Waals surface area contributed by atoms with Crippen molar-refractivity contribution in [3.8, 4) is 5.69 Å². The fourth-order valence-electron chi connectivity index (χ4n) is 5.57. The minimum Gasteiger partial charge on any atom is -0.396 e. The molecule has 2 fully saturated rings. The van der Waals surface area contributed by atoms with Crippen molar-refractivity contribution in [2.75, 3.05) is 75.5 Å². The molecule has 1 aromatic heterocycles. The molecule has 2 saturated heterocycles. The van der Waals surface area contributed by atoms with Gasteiger partial charge in [-0.15, -0.1) is 5.10 Å². The fraction of sp³-hybridized carbons (Fsp3) is 0.467. The summed E-state index contributed by atoms with van der Waals surface area (Å²) in [5.74, 6) is -2.43. The molecule has 0 spiro atoms. The summed E-state index contributed by atoms with van der Waals surface area (Å²) in [6.45, 7) is 10.7. The van der Waals surface area contributed by atoms with E-state index >= 15 is 4.39 Å². The number of aromatic nitrogens is 3. The Labute approximate surface area is 265 Å². The SMILES string of the molecule is Cc1c(F)c(N)cc(C(=O)Nc2cc(-n3cc(C(=O)NCCN4CCOCC4)nn3)c(F)cc2N2C[C@@H](C)N(C)[C@@H](C)C2)c1Cl. The highest BCUT2D eigenvalue weighted by Gasteiger charge is 2.30. The van der Waals surface area contributed by atoms with Crippen LogP contribution < -0.4 is 21.3 Å². The van der Waals surface area contributed by atoms with Gasteiger partial charge in [-0.25, -0.2) is 13.5 Å². The number of hydrogen-bond donors (Lipinski definition) is 3. The molecule has 15 heteroatoms. The molecule has 4 N–H and O–H groups in total. The van der Waals surface area contributed by atoms with Gasteiger partial charge in [0.15, 0.2) is 17.3 Å². The predicted octanol–water partition coefficient (Wildman–Crippen LogP) is 2.93. The number of amides is 2. The summed E-state index contributed by atoms with van der Waals surface area (Å²) < 4.78 is 36.6. The molecule has 0 saturated carbocycles. The predicted molar refractivity (Wildman–Crippen MR) is 168 cm³/mol. The molecule has 0 unspecified atom stereocenters. The normalized spacial score (nSPS) is 19.5. The molecule has 5 rings (SSSR count). The third-order valence-corrected chi connectivity index (χ3v) is 8.98. The zero-order valence-electron chi connectivity index (χ0n) is 25.7. The first-order valence-corrected chi connectivity index (χ1v) is 15.2. The van der Waals surface area contributed by atoms with Crippen molar-refractivity contribution in [1.29, 1.82) is 0 Å². The molecule has 0 radical (unpaired) electrons. The van der Waals surface area contributed by atoms with Crippen LogP contribution in [0.3, 0.4) is 0 Å². The lowest BCUT2D eigenvalue weighted by Crippen LogP contribution is -2.55. The lowest BCUT2D eigenvalue weighted by atomic mass is 10.1. The van der Waals surface area contributed by atoms with E-state index in [1.165, 1.54) is 31.3 Å². The maximum Gasteiger partial charge on any atom is 0.273 e. The van der Waals surface area contributed by atoms with Crippen molar-refractivity contribution in [2.45, 2.75) is 32.9 Å². The van der Waals surface area contributed by atoms with Crippen LogP contribution in [0, 0.1) is 18.6 Å². The van der Waals surface area contributed by atoms with Crippen LogP contribution in [0.15, 0.2) is 24.4 Å². The number of carbonyl (C=O) groups is 2. The van der Waals surface area contributed by atoms with Gasteiger partial charge >= 0.3 is 0 Å². The van der Waals surface area contributed by atoms with Crippen LogP contribution in [0.2, 0.25) is 5.02 Å². The van der Waals surface area contributed by atoms with E-state index in [1.807, 2.05) is 11.9 Å². The van der Waals surface area contributed by atoms with E-state index in [1.54, 1.807) is 0 Å². The number of benzene rings is 2. The summed E-state index contributed by atoms with van der Waals surface area (Å²) in [5, 5.41) is 13.5. The van der Waals surface area contributed by atoms with Gasteiger partial charge < -0.3 is 26.0 Å². The number of nitrogens with one attached hydrogen (secondary N) is 2. The highest BCUT2D eigenvalue weighted by atomic mass is 35.5. The van der Waals surface area contributed by atoms with Gasteiger partial charge in [0.25, 0.3) is 11.8 Å². The second kappa shape index (κ2) is 13.6. The van der Waals surface area contributed by atoms with Crippen LogP contribution in [0.1, 0.15) is 40.3 Å². The van der Waals surface area contributed by atoms with Gasteiger partial charge in [-0.1, -0.05) is 16.8 Å². The molecule has 2 aliphatic rings. The zero-order valence-corrected chi connectivity index (χ0v) is 26.5. The summed E-state index contributed by atoms with van der Waals surface area (Å²) in [6, 6.07) is 4.22. The molecule has 3 heterocycles. The summed E-state index contributed by atoms with van der Waals surface area (Å²) in [4.78, 5) is 32.7. The van der Waals surface area contributed by atoms with E-state index in [0.29, 0.717) is 45.1 Å². The molecule has 12 nitrogen and oxygen atoms in total. The Morgan fingerprint density at radius 3 is 2.47 bits per heavy atom. The van der Waals surface area contributed by atoms with Gasteiger partial charge in [0.1, 0.15) is 5.69 Å². The molecule has 242 valence electrons. The molecular weight excluding hydrogens is 608 g/mol. The molecule has 0 aliphatic carbocycles. The monoisotopic (exact) mass is 645 g/mol. The van der Waals surface area contributed by atoms with Crippen LogP contribution in [0.5, 0.6) is 0 Å². The van der Waals surface area contributed by atoms with Crippen LogP contribution in [0.25, 0.3) is 5.69 Å². The van der Waals surface area contributed by atoms with Crippen molar-refractivity contribution >= 4 is 40.5 Å². The largest absolute Gasteiger partial charge is 0.396 e. The summed E-state index contributed by atoms with van der Waals surface area (Å²) in [5.41, 5.74) is 6.28. The first-order chi connectivity index (χ1) is 21.4. The summed E-state index contributed by atoms with van der Waals surface area (Å²) in [6.07, 6.45) is 1.33. The zero-order chi connectivity index (χ0) is 32.4. The number of nitrogen functional groups attached to an aromatic ring is 1. The number of carbonyl (C=O) groups excluding carboxylic acids is 2. The number of rotatable bonds is 8. The average Bonchev–Trinajstić information content (AvgIpc) is 3.52. The molecule has 45 heavy (non-hydrogen) atoms. The summed E-state index contributed by atoms with van der Waals surface area (Å²) >= 11 is 6.34. The van der Waals surface area contributed by atoms with E-state index < -0.39 is 23.4 Å². The van der Waals surface area contributed by atoms with Crippen molar-refractivity contribution in [3.63, 3.8) is 0 Å². The van der Waals surface area contributed by atoms with Gasteiger partial charge in [-0.2, -0.15) is 0 Å². The fourth-order valence-corrected chi connectivity index (χ4v) is 5.79. The van der Waals surface area contributed by atoms with Crippen molar-refractivity contribution < 1.29 is 23.1 Å². The van der Waals surface area contributed by atoms with E-state index in [0.717, 1.165) is 17.8 Å². The van der Waals surface area contributed by atoms with Gasteiger partial charge in [0.05, 0.1) is 47.1 Å². The minimum atomic E-state index is -0.700. The van der Waals surface area contributed by atoms with E-state index in [9.17, 15) is 14.0 Å². The average molecular weight is 646 g/mol. The lowest BCUT2D eigenvalue weighted by Gasteiger charge is -2.44. The molecular formula is C30H38ClF2N9O3. The Balaban J connectivity index is 1.43. The Morgan fingerprint density at radius 1 is 1.09 bits per heavy atom. The van der Waals surface area contributed by atoms with Crippen LogP contribution in [0.4, 0.5) is 25.8 Å². The standard InChI is InChI=1S/C30H38ClF2N9O3/c1-17-14-41(15-18(2)39(17)4)26-12-21(32)25(13-23(26)36-29(43)20-11-22(34)28(33)19(3)27(20)31)42-16-24(37-38-42)30(44)35-5-6-40-7-9-45-10-8-40/h11-13,16-18H,5-10,14-15,34H2,1-4H3,(H,35,44)(H,36,43)/t17-,18+. The van der Waals surface area contributed by atoms with Gasteiger partial charge in [-0.05, 0) is 40.0 Å². The minimum absolute atomic E-state index is 0.0109. The highest BCUT2D eigenvalue weighted by molar-refractivity contribution is 6.35. The van der Waals surface area contributed by atoms with Crippen molar-refractivity contribution in [2.24, 2.45) is 0 Å². The topological polar surface area (TPSA) is 134 Å². The second-order valence-corrected chi connectivity index (χ2v) is 11.9. The Bertz CT molecular complexity index is 1570. The molecule has 0 bridgehead atoms. The highest BCUT2D eigenvalue weighted by Crippen LogP contribution is 2.35. The maximum atomic E-state index is 15.8. The van der Waals surface area contributed by atoms with E-state index in [4.69, 9.17) is 22.1 Å². The molecule has 2 aromatic carbocycles. The Hall–Kier alpha value is -3.85. The number of morpholine rings is 1. The van der Waals surface area contributed by atoms with Gasteiger partial charge in [-0.3, -0.25) is 19.4 Å². The molecule has 3 aromatic rings. The number of hydrogen-bond acceptors (Lipinski definition) is 9. The number of halogens is 3. The number of nitrogens with zero attached hydrogens (tertiary/aromatic N) is 6. The van der Waals surface area contributed by atoms with Crippen LogP contribution in [-0.2, 0) is 4.74 Å². The first kappa shape index (κ1) is 32.5. The number of anilines is 3. The first-order valence-electron chi connectivity index (χ1n) is 14.8. The number of likely N-dealkylation sites (N-methyl/N-ethyl adjacent to an activating group) is 1. The van der Waals surface area contributed by atoms with Crippen molar-refractivity contribution in [1.82, 2.24) is 30.1 Å². The third-order valence-electron chi connectivity index (χ3n) is 8.50. The van der Waals surface area contributed by atoms with Crippen molar-refractivity contribution in [3.05, 3.63) is 57.9 Å². The van der Waals surface area contributed by atoms with E-state index in [-0.39, 0.29) is 51.0 Å². The quantitative estimate of drug-likeness (QED) is 0.316. The smallest absolute Gasteiger partial charge is 0.273 e. The molecule has 2 amide bonds. The van der Waals surface area contributed by atoms with Gasteiger partial charge in [0.2, 0.25) is 0 Å².